The minimum absolute atomic E-state index is 0.103. The molecular formula is C17H19IN6O2S2. The standard InChI is InChI=1S/C17H19IN6O2S2/c18-12-7-10-3-1-4-11(10)8-13(12)27-17-23-14-15(19)21-9-22-16(14)24(17)5-2-6-28(20,25)26/h7-9H,1-6H2,(H2,19,21,22)(H2,20,25,26). The van der Waals surface area contributed by atoms with Crippen molar-refractivity contribution in [2.45, 2.75) is 42.3 Å². The van der Waals surface area contributed by atoms with Gasteiger partial charge in [-0.3, -0.25) is 0 Å². The molecule has 148 valence electrons. The molecule has 0 unspecified atom stereocenters. The fourth-order valence-corrected chi connectivity index (χ4v) is 5.76. The van der Waals surface area contributed by atoms with Gasteiger partial charge in [0.05, 0.1) is 5.75 Å². The number of rotatable bonds is 6. The Morgan fingerprint density at radius 1 is 1.21 bits per heavy atom. The molecule has 2 heterocycles. The van der Waals surface area contributed by atoms with Gasteiger partial charge in [-0.2, -0.15) is 0 Å². The van der Waals surface area contributed by atoms with E-state index in [9.17, 15) is 8.42 Å². The van der Waals surface area contributed by atoms with Crippen molar-refractivity contribution in [1.29, 1.82) is 0 Å². The average Bonchev–Trinajstić information content (AvgIpc) is 3.20. The molecular weight excluding hydrogens is 511 g/mol. The maximum absolute atomic E-state index is 11.3. The number of nitrogens with two attached hydrogens (primary N) is 2. The number of halogens is 1. The molecule has 0 atom stereocenters. The lowest BCUT2D eigenvalue weighted by Crippen LogP contribution is -2.18. The molecule has 0 fully saturated rings. The molecule has 28 heavy (non-hydrogen) atoms. The number of hydrogen-bond acceptors (Lipinski definition) is 7. The van der Waals surface area contributed by atoms with Crippen LogP contribution in [-0.4, -0.2) is 33.7 Å². The fraction of sp³-hybridized carbons (Fsp3) is 0.353. The number of sulfonamides is 1. The van der Waals surface area contributed by atoms with Crippen LogP contribution in [0.1, 0.15) is 24.0 Å². The second-order valence-electron chi connectivity index (χ2n) is 6.70. The molecule has 0 aliphatic heterocycles. The summed E-state index contributed by atoms with van der Waals surface area (Å²) in [5, 5.41) is 5.86. The molecule has 11 heteroatoms. The Hall–Kier alpha value is -1.44. The molecule has 0 bridgehead atoms. The summed E-state index contributed by atoms with van der Waals surface area (Å²) in [6.45, 7) is 0.424. The topological polar surface area (TPSA) is 130 Å². The smallest absolute Gasteiger partial charge is 0.209 e. The molecule has 1 aromatic carbocycles. The van der Waals surface area contributed by atoms with Crippen molar-refractivity contribution >= 4 is 61.4 Å². The van der Waals surface area contributed by atoms with Gasteiger partial charge >= 0.3 is 0 Å². The van der Waals surface area contributed by atoms with Crippen LogP contribution in [0.4, 0.5) is 5.82 Å². The summed E-state index contributed by atoms with van der Waals surface area (Å²) >= 11 is 3.89. The van der Waals surface area contributed by atoms with E-state index in [1.807, 2.05) is 4.57 Å². The van der Waals surface area contributed by atoms with Gasteiger partial charge in [0, 0.05) is 15.0 Å². The van der Waals surface area contributed by atoms with E-state index in [4.69, 9.17) is 10.9 Å². The van der Waals surface area contributed by atoms with Crippen LogP contribution in [0.5, 0.6) is 0 Å². The third-order valence-electron chi connectivity index (χ3n) is 4.68. The maximum atomic E-state index is 11.3. The Labute approximate surface area is 180 Å². The summed E-state index contributed by atoms with van der Waals surface area (Å²) in [5.74, 6) is 0.203. The van der Waals surface area contributed by atoms with Crippen LogP contribution >= 0.6 is 34.4 Å². The SMILES string of the molecule is Nc1ncnc2c1nc(Sc1cc3c(cc1I)CCC3)n2CCCS(N)(=O)=O. The first-order valence-electron chi connectivity index (χ1n) is 8.78. The fourth-order valence-electron chi connectivity index (χ4n) is 3.39. The number of aryl methyl sites for hydroxylation is 3. The number of imidazole rings is 1. The quantitative estimate of drug-likeness (QED) is 0.468. The lowest BCUT2D eigenvalue weighted by atomic mass is 10.1. The molecule has 4 N–H and O–H groups in total. The van der Waals surface area contributed by atoms with Crippen molar-refractivity contribution < 1.29 is 8.42 Å². The van der Waals surface area contributed by atoms with Gasteiger partial charge in [-0.05, 0) is 71.5 Å². The molecule has 0 amide bonds. The van der Waals surface area contributed by atoms with Gasteiger partial charge in [0.25, 0.3) is 0 Å². The molecule has 1 aliphatic rings. The summed E-state index contributed by atoms with van der Waals surface area (Å²) in [5.41, 5.74) is 9.91. The molecule has 4 rings (SSSR count). The zero-order valence-electron chi connectivity index (χ0n) is 14.9. The summed E-state index contributed by atoms with van der Waals surface area (Å²) in [6.07, 6.45) is 5.18. The van der Waals surface area contributed by atoms with Crippen molar-refractivity contribution in [3.05, 3.63) is 33.2 Å². The van der Waals surface area contributed by atoms with E-state index < -0.39 is 10.0 Å². The van der Waals surface area contributed by atoms with E-state index in [0.29, 0.717) is 35.1 Å². The van der Waals surface area contributed by atoms with Crippen LogP contribution in [-0.2, 0) is 29.4 Å². The Balaban J connectivity index is 1.71. The predicted molar refractivity (Wildman–Crippen MR) is 118 cm³/mol. The molecule has 0 saturated carbocycles. The van der Waals surface area contributed by atoms with Gasteiger partial charge in [0.1, 0.15) is 6.33 Å². The van der Waals surface area contributed by atoms with Gasteiger partial charge in [-0.15, -0.1) is 0 Å². The monoisotopic (exact) mass is 530 g/mol. The Morgan fingerprint density at radius 3 is 2.71 bits per heavy atom. The normalized spacial score (nSPS) is 13.9. The number of aromatic nitrogens is 4. The highest BCUT2D eigenvalue weighted by Gasteiger charge is 2.19. The van der Waals surface area contributed by atoms with E-state index in [1.165, 1.54) is 39.2 Å². The third kappa shape index (κ3) is 4.11. The van der Waals surface area contributed by atoms with Crippen LogP contribution in [0.3, 0.4) is 0 Å². The Bertz CT molecular complexity index is 1160. The van der Waals surface area contributed by atoms with Gasteiger partial charge < -0.3 is 10.3 Å². The minimum Gasteiger partial charge on any atom is -0.382 e. The molecule has 0 radical (unpaired) electrons. The molecule has 2 aromatic heterocycles. The van der Waals surface area contributed by atoms with Crippen molar-refractivity contribution in [1.82, 2.24) is 19.5 Å². The van der Waals surface area contributed by atoms with Crippen LogP contribution in [0.15, 0.2) is 28.5 Å². The molecule has 0 saturated heterocycles. The summed E-state index contributed by atoms with van der Waals surface area (Å²) in [7, 11) is -3.52. The number of nitrogen functional groups attached to an aromatic ring is 1. The Morgan fingerprint density at radius 2 is 1.96 bits per heavy atom. The van der Waals surface area contributed by atoms with Gasteiger partial charge in [-0.1, -0.05) is 11.8 Å². The van der Waals surface area contributed by atoms with Crippen molar-refractivity contribution in [3.8, 4) is 0 Å². The lowest BCUT2D eigenvalue weighted by molar-refractivity contribution is 0.582. The van der Waals surface area contributed by atoms with Crippen LogP contribution in [0, 0.1) is 3.57 Å². The minimum atomic E-state index is -3.52. The summed E-state index contributed by atoms with van der Waals surface area (Å²) in [4.78, 5) is 14.1. The van der Waals surface area contributed by atoms with Crippen LogP contribution < -0.4 is 10.9 Å². The molecule has 0 spiro atoms. The van der Waals surface area contributed by atoms with Gasteiger partial charge in [0.15, 0.2) is 22.1 Å². The number of hydrogen-bond donors (Lipinski definition) is 2. The van der Waals surface area contributed by atoms with E-state index in [1.54, 1.807) is 0 Å². The third-order valence-corrected chi connectivity index (χ3v) is 7.85. The largest absolute Gasteiger partial charge is 0.382 e. The number of fused-ring (bicyclic) bond motifs is 2. The highest BCUT2D eigenvalue weighted by Crippen LogP contribution is 2.37. The number of benzene rings is 1. The van der Waals surface area contributed by atoms with Crippen LogP contribution in [0.2, 0.25) is 0 Å². The highest BCUT2D eigenvalue weighted by molar-refractivity contribution is 14.1. The first kappa shape index (κ1) is 19.9. The maximum Gasteiger partial charge on any atom is 0.209 e. The predicted octanol–water partition coefficient (Wildman–Crippen LogP) is 2.33. The number of nitrogens with zero attached hydrogens (tertiary/aromatic N) is 4. The van der Waals surface area contributed by atoms with Gasteiger partial charge in [-0.25, -0.2) is 28.5 Å². The summed E-state index contributed by atoms with van der Waals surface area (Å²) in [6, 6.07) is 4.48. The highest BCUT2D eigenvalue weighted by atomic mass is 127. The van der Waals surface area contributed by atoms with E-state index in [0.717, 1.165) is 17.7 Å². The number of primary sulfonamides is 1. The first-order chi connectivity index (χ1) is 13.3. The van der Waals surface area contributed by atoms with E-state index in [2.05, 4.69) is 49.7 Å². The molecule has 3 aromatic rings. The van der Waals surface area contributed by atoms with E-state index >= 15 is 0 Å². The van der Waals surface area contributed by atoms with Gasteiger partial charge in [0.2, 0.25) is 10.0 Å². The van der Waals surface area contributed by atoms with E-state index in [-0.39, 0.29) is 5.75 Å². The van der Waals surface area contributed by atoms with Crippen molar-refractivity contribution in [2.75, 3.05) is 11.5 Å². The zero-order chi connectivity index (χ0) is 19.9. The lowest BCUT2D eigenvalue weighted by Gasteiger charge is -2.10. The second-order valence-corrected chi connectivity index (χ2v) is 10.6. The van der Waals surface area contributed by atoms with Crippen LogP contribution in [0.25, 0.3) is 11.2 Å². The van der Waals surface area contributed by atoms with Crippen molar-refractivity contribution in [3.63, 3.8) is 0 Å². The zero-order valence-corrected chi connectivity index (χ0v) is 18.7. The summed E-state index contributed by atoms with van der Waals surface area (Å²) < 4.78 is 25.7. The molecule has 1 aliphatic carbocycles. The second kappa shape index (κ2) is 7.76. The first-order valence-corrected chi connectivity index (χ1v) is 12.4. The van der Waals surface area contributed by atoms with Crippen molar-refractivity contribution in [2.24, 2.45) is 5.14 Å². The Kier molecular flexibility index (Phi) is 5.51. The number of anilines is 1. The average molecular weight is 530 g/mol. The molecule has 8 nitrogen and oxygen atoms in total.